The summed E-state index contributed by atoms with van der Waals surface area (Å²) in [6.45, 7) is 3.90. The molecule has 2 rings (SSSR count). The lowest BCUT2D eigenvalue weighted by Gasteiger charge is -2.23. The predicted molar refractivity (Wildman–Crippen MR) is 63.6 cm³/mol. The number of esters is 1. The first-order valence-corrected chi connectivity index (χ1v) is 6.31. The number of hydrogen-bond acceptors (Lipinski definition) is 5. The minimum absolute atomic E-state index is 0.253. The van der Waals surface area contributed by atoms with E-state index in [2.05, 4.69) is 15.0 Å². The average molecular weight is 242 g/mol. The van der Waals surface area contributed by atoms with E-state index in [0.717, 1.165) is 25.6 Å². The Balaban J connectivity index is 1.73. The standard InChI is InChI=1S/C12H22N2O3/c1-12(16,11(15)17-2)8-13-9-5-6-14(7-9)10-3-4-10/h9-10,13,16H,3-8H2,1-2H3. The lowest BCUT2D eigenvalue weighted by molar-refractivity contribution is -0.160. The molecule has 0 aromatic carbocycles. The molecule has 1 heterocycles. The van der Waals surface area contributed by atoms with Crippen LogP contribution in [0.1, 0.15) is 26.2 Å². The number of carbonyl (C=O) groups excluding carboxylic acids is 1. The smallest absolute Gasteiger partial charge is 0.338 e. The zero-order valence-corrected chi connectivity index (χ0v) is 10.6. The fourth-order valence-electron chi connectivity index (χ4n) is 2.36. The number of rotatable bonds is 5. The van der Waals surface area contributed by atoms with Crippen LogP contribution in [0.15, 0.2) is 0 Å². The number of methoxy groups -OCH3 is 1. The summed E-state index contributed by atoms with van der Waals surface area (Å²) < 4.78 is 4.56. The Hall–Kier alpha value is -0.650. The summed E-state index contributed by atoms with van der Waals surface area (Å²) in [4.78, 5) is 13.8. The molecule has 0 radical (unpaired) electrons. The summed E-state index contributed by atoms with van der Waals surface area (Å²) in [6.07, 6.45) is 3.74. The van der Waals surface area contributed by atoms with Gasteiger partial charge in [-0.15, -0.1) is 0 Å². The van der Waals surface area contributed by atoms with Crippen molar-refractivity contribution in [1.29, 1.82) is 0 Å². The van der Waals surface area contributed by atoms with Gasteiger partial charge in [-0.05, 0) is 26.2 Å². The van der Waals surface area contributed by atoms with Gasteiger partial charge in [-0.25, -0.2) is 4.79 Å². The van der Waals surface area contributed by atoms with Crippen molar-refractivity contribution < 1.29 is 14.6 Å². The van der Waals surface area contributed by atoms with E-state index in [1.165, 1.54) is 26.9 Å². The molecule has 1 saturated carbocycles. The first kappa shape index (κ1) is 12.8. The van der Waals surface area contributed by atoms with Crippen LogP contribution in [0.2, 0.25) is 0 Å². The predicted octanol–water partition coefficient (Wildman–Crippen LogP) is -0.263. The van der Waals surface area contributed by atoms with Gasteiger partial charge in [0.2, 0.25) is 0 Å². The highest BCUT2D eigenvalue weighted by Gasteiger charge is 2.36. The molecule has 5 nitrogen and oxygen atoms in total. The zero-order chi connectivity index (χ0) is 12.5. The Morgan fingerprint density at radius 1 is 1.53 bits per heavy atom. The molecule has 5 heteroatoms. The van der Waals surface area contributed by atoms with Crippen molar-refractivity contribution in [2.75, 3.05) is 26.7 Å². The number of ether oxygens (including phenoxy) is 1. The maximum atomic E-state index is 11.3. The van der Waals surface area contributed by atoms with Gasteiger partial charge in [0.25, 0.3) is 0 Å². The Bertz CT molecular complexity index is 289. The van der Waals surface area contributed by atoms with Crippen LogP contribution in [-0.2, 0) is 9.53 Å². The van der Waals surface area contributed by atoms with Crippen LogP contribution in [0.5, 0.6) is 0 Å². The molecule has 98 valence electrons. The Labute approximate surface area is 102 Å². The molecule has 1 saturated heterocycles. The molecule has 0 spiro atoms. The SMILES string of the molecule is COC(=O)C(C)(O)CNC1CCN(C2CC2)C1. The summed E-state index contributed by atoms with van der Waals surface area (Å²) in [5, 5.41) is 13.1. The van der Waals surface area contributed by atoms with E-state index in [4.69, 9.17) is 0 Å². The van der Waals surface area contributed by atoms with Crippen molar-refractivity contribution >= 4 is 5.97 Å². The number of nitrogens with one attached hydrogen (secondary N) is 1. The monoisotopic (exact) mass is 242 g/mol. The molecular weight excluding hydrogens is 220 g/mol. The highest BCUT2D eigenvalue weighted by Crippen LogP contribution is 2.29. The largest absolute Gasteiger partial charge is 0.467 e. The van der Waals surface area contributed by atoms with E-state index in [1.807, 2.05) is 0 Å². The third kappa shape index (κ3) is 3.18. The van der Waals surface area contributed by atoms with Crippen molar-refractivity contribution in [2.45, 2.75) is 43.9 Å². The summed E-state index contributed by atoms with van der Waals surface area (Å²) >= 11 is 0. The molecule has 2 unspecified atom stereocenters. The Morgan fingerprint density at radius 3 is 2.82 bits per heavy atom. The van der Waals surface area contributed by atoms with Gasteiger partial charge < -0.3 is 15.2 Å². The lowest BCUT2D eigenvalue weighted by Crippen LogP contribution is -2.49. The molecule has 0 amide bonds. The third-order valence-electron chi connectivity index (χ3n) is 3.64. The topological polar surface area (TPSA) is 61.8 Å². The van der Waals surface area contributed by atoms with Gasteiger partial charge in [-0.3, -0.25) is 4.90 Å². The molecule has 1 aliphatic carbocycles. The van der Waals surface area contributed by atoms with Crippen LogP contribution in [0, 0.1) is 0 Å². The van der Waals surface area contributed by atoms with E-state index in [-0.39, 0.29) is 6.54 Å². The second-order valence-corrected chi connectivity index (χ2v) is 5.36. The lowest BCUT2D eigenvalue weighted by atomic mass is 10.1. The fourth-order valence-corrected chi connectivity index (χ4v) is 2.36. The summed E-state index contributed by atoms with van der Waals surface area (Å²) in [7, 11) is 1.29. The van der Waals surface area contributed by atoms with Crippen molar-refractivity contribution in [2.24, 2.45) is 0 Å². The van der Waals surface area contributed by atoms with Gasteiger partial charge >= 0.3 is 5.97 Å². The van der Waals surface area contributed by atoms with Crippen LogP contribution in [0.3, 0.4) is 0 Å². The molecule has 17 heavy (non-hydrogen) atoms. The number of hydrogen-bond donors (Lipinski definition) is 2. The van der Waals surface area contributed by atoms with Crippen LogP contribution >= 0.6 is 0 Å². The molecule has 2 fully saturated rings. The van der Waals surface area contributed by atoms with Gasteiger partial charge in [0.05, 0.1) is 7.11 Å². The van der Waals surface area contributed by atoms with Gasteiger partial charge in [0.15, 0.2) is 5.60 Å². The first-order chi connectivity index (χ1) is 8.03. The van der Waals surface area contributed by atoms with E-state index < -0.39 is 11.6 Å². The van der Waals surface area contributed by atoms with Crippen LogP contribution < -0.4 is 5.32 Å². The van der Waals surface area contributed by atoms with Crippen LogP contribution in [0.25, 0.3) is 0 Å². The Kier molecular flexibility index (Phi) is 3.70. The van der Waals surface area contributed by atoms with Crippen molar-refractivity contribution in [3.63, 3.8) is 0 Å². The van der Waals surface area contributed by atoms with Gasteiger partial charge in [0.1, 0.15) is 0 Å². The minimum atomic E-state index is -1.43. The average Bonchev–Trinajstić information content (AvgIpc) is 3.05. The molecule has 0 aromatic rings. The molecule has 1 aliphatic heterocycles. The molecule has 2 atom stereocenters. The quantitative estimate of drug-likeness (QED) is 0.650. The normalized spacial score (nSPS) is 29.0. The van der Waals surface area contributed by atoms with E-state index in [0.29, 0.717) is 6.04 Å². The van der Waals surface area contributed by atoms with Crippen molar-refractivity contribution in [3.05, 3.63) is 0 Å². The van der Waals surface area contributed by atoms with Crippen LogP contribution in [-0.4, -0.2) is 60.4 Å². The third-order valence-corrected chi connectivity index (χ3v) is 3.64. The van der Waals surface area contributed by atoms with E-state index in [1.54, 1.807) is 0 Å². The Morgan fingerprint density at radius 2 is 2.24 bits per heavy atom. The number of likely N-dealkylation sites (tertiary alicyclic amines) is 1. The summed E-state index contributed by atoms with van der Waals surface area (Å²) in [6, 6.07) is 1.18. The number of nitrogens with zero attached hydrogens (tertiary/aromatic N) is 1. The number of carbonyl (C=O) groups is 1. The van der Waals surface area contributed by atoms with Crippen molar-refractivity contribution in [1.82, 2.24) is 10.2 Å². The van der Waals surface area contributed by atoms with Gasteiger partial charge in [-0.1, -0.05) is 0 Å². The van der Waals surface area contributed by atoms with E-state index in [9.17, 15) is 9.90 Å². The van der Waals surface area contributed by atoms with Gasteiger partial charge in [0, 0.05) is 31.7 Å². The summed E-state index contributed by atoms with van der Waals surface area (Å²) in [5.41, 5.74) is -1.43. The molecule has 0 bridgehead atoms. The van der Waals surface area contributed by atoms with E-state index >= 15 is 0 Å². The maximum absolute atomic E-state index is 11.3. The second kappa shape index (κ2) is 4.92. The second-order valence-electron chi connectivity index (χ2n) is 5.36. The summed E-state index contributed by atoms with van der Waals surface area (Å²) in [5.74, 6) is -0.581. The number of aliphatic hydroxyl groups is 1. The highest BCUT2D eigenvalue weighted by atomic mass is 16.5. The minimum Gasteiger partial charge on any atom is -0.467 e. The van der Waals surface area contributed by atoms with Crippen molar-refractivity contribution in [3.8, 4) is 0 Å². The zero-order valence-electron chi connectivity index (χ0n) is 10.6. The van der Waals surface area contributed by atoms with Gasteiger partial charge in [-0.2, -0.15) is 0 Å². The fraction of sp³-hybridized carbons (Fsp3) is 0.917. The highest BCUT2D eigenvalue weighted by molar-refractivity contribution is 5.78. The first-order valence-electron chi connectivity index (χ1n) is 6.31. The molecular formula is C12H22N2O3. The molecule has 0 aromatic heterocycles. The molecule has 2 N–H and O–H groups in total. The van der Waals surface area contributed by atoms with Crippen LogP contribution in [0.4, 0.5) is 0 Å². The molecule has 2 aliphatic rings. The maximum Gasteiger partial charge on any atom is 0.338 e.